The molecule has 1 aliphatic heterocycles. The number of halogens is 1. The summed E-state index contributed by atoms with van der Waals surface area (Å²) in [4.78, 5) is 18.8. The minimum absolute atomic E-state index is 0.0405. The van der Waals surface area contributed by atoms with Crippen LogP contribution in [0.15, 0.2) is 53.1 Å². The molecule has 2 amide bonds. The highest BCUT2D eigenvalue weighted by molar-refractivity contribution is 5.89. The molecule has 7 heteroatoms. The summed E-state index contributed by atoms with van der Waals surface area (Å²) in [6, 6.07) is 14.0. The number of amides is 2. The summed E-state index contributed by atoms with van der Waals surface area (Å²) in [6.07, 6.45) is 1.67. The monoisotopic (exact) mass is 408 g/mol. The van der Waals surface area contributed by atoms with Crippen LogP contribution in [0.5, 0.6) is 0 Å². The van der Waals surface area contributed by atoms with Crippen molar-refractivity contribution in [2.24, 2.45) is 0 Å². The fourth-order valence-corrected chi connectivity index (χ4v) is 3.66. The van der Waals surface area contributed by atoms with Crippen LogP contribution in [-0.4, -0.2) is 34.2 Å². The summed E-state index contributed by atoms with van der Waals surface area (Å²) in [5, 5.41) is 6.77. The summed E-state index contributed by atoms with van der Waals surface area (Å²) in [5.74, 6) is 1.05. The Balaban J connectivity index is 1.43. The van der Waals surface area contributed by atoms with Crippen molar-refractivity contribution in [1.82, 2.24) is 15.0 Å². The Labute approximate surface area is 175 Å². The minimum atomic E-state index is -0.454. The number of urea groups is 1. The molecular formula is C23H25FN4O2. The highest BCUT2D eigenvalue weighted by Crippen LogP contribution is 2.28. The zero-order chi connectivity index (χ0) is 21.1. The van der Waals surface area contributed by atoms with Crippen molar-refractivity contribution < 1.29 is 13.7 Å². The predicted molar refractivity (Wildman–Crippen MR) is 113 cm³/mol. The first-order chi connectivity index (χ1) is 14.5. The lowest BCUT2D eigenvalue weighted by molar-refractivity contribution is 0.184. The van der Waals surface area contributed by atoms with Crippen molar-refractivity contribution >= 4 is 11.7 Å². The number of hydrogen-bond acceptors (Lipinski definition) is 4. The van der Waals surface area contributed by atoms with E-state index in [2.05, 4.69) is 41.4 Å². The number of carbonyl (C=O) groups excluding carboxylic acids is 1. The SMILES string of the molecule is CC(C)c1ccc(-c2noc(C3CCCN(C(=O)Nc4ccccc4F)C3)n2)cc1. The van der Waals surface area contributed by atoms with E-state index < -0.39 is 5.82 Å². The van der Waals surface area contributed by atoms with Gasteiger partial charge in [-0.2, -0.15) is 4.98 Å². The molecule has 1 aromatic heterocycles. The Hall–Kier alpha value is -3.22. The molecule has 3 aromatic rings. The van der Waals surface area contributed by atoms with E-state index in [1.54, 1.807) is 23.1 Å². The van der Waals surface area contributed by atoms with Crippen LogP contribution < -0.4 is 5.32 Å². The van der Waals surface area contributed by atoms with Gasteiger partial charge in [0.25, 0.3) is 0 Å². The van der Waals surface area contributed by atoms with Gasteiger partial charge in [0.2, 0.25) is 11.7 Å². The van der Waals surface area contributed by atoms with Gasteiger partial charge >= 0.3 is 6.03 Å². The number of nitrogens with zero attached hydrogens (tertiary/aromatic N) is 3. The third-order valence-corrected chi connectivity index (χ3v) is 5.45. The van der Waals surface area contributed by atoms with E-state index in [1.165, 1.54) is 11.6 Å². The van der Waals surface area contributed by atoms with Crippen LogP contribution in [0.3, 0.4) is 0 Å². The Bertz CT molecular complexity index is 1020. The molecule has 1 N–H and O–H groups in total. The lowest BCUT2D eigenvalue weighted by Crippen LogP contribution is -2.41. The van der Waals surface area contributed by atoms with Crippen molar-refractivity contribution in [2.75, 3.05) is 18.4 Å². The van der Waals surface area contributed by atoms with E-state index in [1.807, 2.05) is 12.1 Å². The normalized spacial score (nSPS) is 16.7. The number of hydrogen-bond donors (Lipinski definition) is 1. The lowest BCUT2D eigenvalue weighted by atomic mass is 9.98. The number of nitrogens with one attached hydrogen (secondary N) is 1. The largest absolute Gasteiger partial charge is 0.339 e. The van der Waals surface area contributed by atoms with Gasteiger partial charge < -0.3 is 14.7 Å². The summed E-state index contributed by atoms with van der Waals surface area (Å²) in [5.41, 5.74) is 2.33. The second-order valence-corrected chi connectivity index (χ2v) is 7.93. The molecule has 0 spiro atoms. The zero-order valence-corrected chi connectivity index (χ0v) is 17.1. The molecule has 0 radical (unpaired) electrons. The molecule has 1 aliphatic rings. The zero-order valence-electron chi connectivity index (χ0n) is 17.1. The highest BCUT2D eigenvalue weighted by Gasteiger charge is 2.29. The first kappa shape index (κ1) is 20.1. The van der Waals surface area contributed by atoms with Gasteiger partial charge in [0.05, 0.1) is 11.6 Å². The summed E-state index contributed by atoms with van der Waals surface area (Å²) >= 11 is 0. The summed E-state index contributed by atoms with van der Waals surface area (Å²) < 4.78 is 19.3. The van der Waals surface area contributed by atoms with Crippen LogP contribution in [0.2, 0.25) is 0 Å². The second kappa shape index (κ2) is 8.65. The predicted octanol–water partition coefficient (Wildman–Crippen LogP) is 5.41. The quantitative estimate of drug-likeness (QED) is 0.626. The third-order valence-electron chi connectivity index (χ3n) is 5.45. The molecule has 1 atom stereocenters. The van der Waals surface area contributed by atoms with Crippen LogP contribution in [0.25, 0.3) is 11.4 Å². The van der Waals surface area contributed by atoms with Gasteiger partial charge in [-0.05, 0) is 36.5 Å². The molecular weight excluding hydrogens is 383 g/mol. The van der Waals surface area contributed by atoms with Crippen LogP contribution in [0.4, 0.5) is 14.9 Å². The van der Waals surface area contributed by atoms with Crippen molar-refractivity contribution in [1.29, 1.82) is 0 Å². The van der Waals surface area contributed by atoms with E-state index >= 15 is 0 Å². The standard InChI is InChI=1S/C23H25FN4O2/c1-15(2)16-9-11-17(12-10-16)21-26-22(30-27-21)18-6-5-13-28(14-18)23(29)25-20-8-4-3-7-19(20)24/h3-4,7-12,15,18H,5-6,13-14H2,1-2H3,(H,25,29). The van der Waals surface area contributed by atoms with Gasteiger partial charge in [-0.1, -0.05) is 55.4 Å². The van der Waals surface area contributed by atoms with E-state index in [4.69, 9.17) is 4.52 Å². The molecule has 0 bridgehead atoms. The molecule has 2 aromatic carbocycles. The fraction of sp³-hybridized carbons (Fsp3) is 0.348. The molecule has 0 aliphatic carbocycles. The van der Waals surface area contributed by atoms with E-state index in [0.717, 1.165) is 18.4 Å². The molecule has 2 heterocycles. The Morgan fingerprint density at radius 2 is 1.97 bits per heavy atom. The molecule has 1 unspecified atom stereocenters. The maximum Gasteiger partial charge on any atom is 0.321 e. The summed E-state index contributed by atoms with van der Waals surface area (Å²) in [6.45, 7) is 5.36. The molecule has 1 fully saturated rings. The second-order valence-electron chi connectivity index (χ2n) is 7.93. The smallest absolute Gasteiger partial charge is 0.321 e. The highest BCUT2D eigenvalue weighted by atomic mass is 19.1. The maximum atomic E-state index is 13.8. The van der Waals surface area contributed by atoms with Crippen LogP contribution in [0, 0.1) is 5.82 Å². The topological polar surface area (TPSA) is 71.3 Å². The number of piperidine rings is 1. The molecule has 0 saturated carbocycles. The van der Waals surface area contributed by atoms with E-state index in [-0.39, 0.29) is 17.6 Å². The number of aromatic nitrogens is 2. The molecule has 4 rings (SSSR count). The Morgan fingerprint density at radius 1 is 1.20 bits per heavy atom. The first-order valence-corrected chi connectivity index (χ1v) is 10.3. The van der Waals surface area contributed by atoms with Gasteiger partial charge in [-0.3, -0.25) is 0 Å². The van der Waals surface area contributed by atoms with Gasteiger partial charge in [0.15, 0.2) is 0 Å². The van der Waals surface area contributed by atoms with Gasteiger partial charge in [-0.25, -0.2) is 9.18 Å². The van der Waals surface area contributed by atoms with Crippen LogP contribution in [-0.2, 0) is 0 Å². The van der Waals surface area contributed by atoms with Crippen LogP contribution >= 0.6 is 0 Å². The maximum absolute atomic E-state index is 13.8. The lowest BCUT2D eigenvalue weighted by Gasteiger charge is -2.31. The molecule has 156 valence electrons. The Kier molecular flexibility index (Phi) is 5.79. The number of carbonyl (C=O) groups is 1. The average Bonchev–Trinajstić information content (AvgIpc) is 3.26. The van der Waals surface area contributed by atoms with Crippen LogP contribution in [0.1, 0.15) is 50.0 Å². The van der Waals surface area contributed by atoms with Gasteiger partial charge in [-0.15, -0.1) is 0 Å². The Morgan fingerprint density at radius 3 is 2.70 bits per heavy atom. The number of anilines is 1. The molecule has 6 nitrogen and oxygen atoms in total. The van der Waals surface area contributed by atoms with Crippen molar-refractivity contribution in [3.05, 3.63) is 65.8 Å². The van der Waals surface area contributed by atoms with Gasteiger partial charge in [0.1, 0.15) is 5.82 Å². The summed E-state index contributed by atoms with van der Waals surface area (Å²) in [7, 11) is 0. The van der Waals surface area contributed by atoms with E-state index in [9.17, 15) is 9.18 Å². The number of likely N-dealkylation sites (tertiary alicyclic amines) is 1. The molecule has 30 heavy (non-hydrogen) atoms. The van der Waals surface area contributed by atoms with Crippen molar-refractivity contribution in [3.63, 3.8) is 0 Å². The number of para-hydroxylation sites is 1. The van der Waals surface area contributed by atoms with Crippen molar-refractivity contribution in [2.45, 2.75) is 38.5 Å². The third kappa shape index (κ3) is 4.35. The number of rotatable bonds is 4. The van der Waals surface area contributed by atoms with E-state index in [0.29, 0.717) is 30.7 Å². The first-order valence-electron chi connectivity index (χ1n) is 10.3. The average molecular weight is 408 g/mol. The van der Waals surface area contributed by atoms with Crippen molar-refractivity contribution in [3.8, 4) is 11.4 Å². The van der Waals surface area contributed by atoms with Gasteiger partial charge in [0, 0.05) is 18.7 Å². The minimum Gasteiger partial charge on any atom is -0.339 e. The fourth-order valence-electron chi connectivity index (χ4n) is 3.66. The molecule has 1 saturated heterocycles. The number of benzene rings is 2.